The molecule has 0 radical (unpaired) electrons. The third kappa shape index (κ3) is 2.70. The highest BCUT2D eigenvalue weighted by Crippen LogP contribution is 2.28. The van der Waals surface area contributed by atoms with Gasteiger partial charge in [-0.1, -0.05) is 27.5 Å². The summed E-state index contributed by atoms with van der Waals surface area (Å²) in [5.41, 5.74) is 7.92. The molecular formula is C10H13BrClNO. The Morgan fingerprint density at radius 1 is 1.57 bits per heavy atom. The molecule has 1 aromatic rings. The van der Waals surface area contributed by atoms with Gasteiger partial charge in [-0.2, -0.15) is 0 Å². The fraction of sp³-hybridized carbons (Fsp3) is 0.400. The number of methoxy groups -OCH3 is 1. The predicted molar refractivity (Wildman–Crippen MR) is 62.7 cm³/mol. The fourth-order valence-corrected chi connectivity index (χ4v) is 2.14. The van der Waals surface area contributed by atoms with Crippen LogP contribution in [-0.2, 0) is 4.74 Å². The van der Waals surface area contributed by atoms with E-state index in [0.717, 1.165) is 20.6 Å². The highest BCUT2D eigenvalue weighted by molar-refractivity contribution is 9.10. The van der Waals surface area contributed by atoms with Crippen LogP contribution in [0.1, 0.15) is 17.2 Å². The van der Waals surface area contributed by atoms with E-state index in [-0.39, 0.29) is 6.04 Å². The molecule has 0 aliphatic rings. The zero-order chi connectivity index (χ0) is 10.7. The molecule has 2 nitrogen and oxygen atoms in total. The molecule has 0 saturated heterocycles. The molecule has 0 bridgehead atoms. The average Bonchev–Trinajstić information content (AvgIpc) is 2.11. The normalized spacial score (nSPS) is 12.9. The Bertz CT molecular complexity index is 330. The molecule has 0 fully saturated rings. The molecule has 4 heteroatoms. The number of hydrogen-bond donors (Lipinski definition) is 1. The molecule has 0 amide bonds. The van der Waals surface area contributed by atoms with E-state index < -0.39 is 0 Å². The predicted octanol–water partition coefficient (Wildman–Crippen LogP) is 3.06. The summed E-state index contributed by atoms with van der Waals surface area (Å²) in [6.45, 7) is 2.44. The van der Waals surface area contributed by atoms with Crippen molar-refractivity contribution < 1.29 is 4.74 Å². The lowest BCUT2D eigenvalue weighted by atomic mass is 10.1. The Morgan fingerprint density at radius 2 is 2.21 bits per heavy atom. The van der Waals surface area contributed by atoms with E-state index in [9.17, 15) is 0 Å². The second-order valence-electron chi connectivity index (χ2n) is 3.18. The van der Waals surface area contributed by atoms with Crippen LogP contribution >= 0.6 is 27.5 Å². The van der Waals surface area contributed by atoms with Crippen molar-refractivity contribution >= 4 is 27.5 Å². The standard InChI is InChI=1S/C10H13BrClNO/c1-6-3-8(11)7(4-9(6)12)10(13)5-14-2/h3-4,10H,5,13H2,1-2H3. The number of nitrogens with two attached hydrogens (primary N) is 1. The van der Waals surface area contributed by atoms with Gasteiger partial charge < -0.3 is 10.5 Å². The Labute approximate surface area is 97.5 Å². The minimum Gasteiger partial charge on any atom is -0.383 e. The van der Waals surface area contributed by atoms with Crippen molar-refractivity contribution in [2.45, 2.75) is 13.0 Å². The second kappa shape index (κ2) is 5.12. The van der Waals surface area contributed by atoms with Crippen LogP contribution in [0, 0.1) is 6.92 Å². The maximum absolute atomic E-state index is 6.01. The largest absolute Gasteiger partial charge is 0.383 e. The highest BCUT2D eigenvalue weighted by Gasteiger charge is 2.11. The Morgan fingerprint density at radius 3 is 2.79 bits per heavy atom. The Hall–Kier alpha value is -0.0900. The van der Waals surface area contributed by atoms with Crippen molar-refractivity contribution in [3.05, 3.63) is 32.8 Å². The van der Waals surface area contributed by atoms with Gasteiger partial charge in [0.2, 0.25) is 0 Å². The molecule has 2 N–H and O–H groups in total. The first-order valence-corrected chi connectivity index (χ1v) is 5.43. The maximum atomic E-state index is 6.01. The summed E-state index contributed by atoms with van der Waals surface area (Å²) in [7, 11) is 1.63. The van der Waals surface area contributed by atoms with Crippen LogP contribution in [0.15, 0.2) is 16.6 Å². The van der Waals surface area contributed by atoms with E-state index >= 15 is 0 Å². The smallest absolute Gasteiger partial charge is 0.0655 e. The van der Waals surface area contributed by atoms with Crippen molar-refractivity contribution in [1.29, 1.82) is 0 Å². The van der Waals surface area contributed by atoms with E-state index in [2.05, 4.69) is 15.9 Å². The molecule has 0 aliphatic carbocycles. The SMILES string of the molecule is COCC(N)c1cc(Cl)c(C)cc1Br. The van der Waals surface area contributed by atoms with Gasteiger partial charge in [-0.15, -0.1) is 0 Å². The van der Waals surface area contributed by atoms with Crippen molar-refractivity contribution in [2.75, 3.05) is 13.7 Å². The molecule has 0 spiro atoms. The number of hydrogen-bond acceptors (Lipinski definition) is 2. The molecule has 1 rings (SSSR count). The third-order valence-corrected chi connectivity index (χ3v) is 3.12. The van der Waals surface area contributed by atoms with E-state index in [0.29, 0.717) is 6.61 Å². The zero-order valence-electron chi connectivity index (χ0n) is 8.18. The molecule has 1 unspecified atom stereocenters. The molecule has 1 atom stereocenters. The molecule has 0 heterocycles. The third-order valence-electron chi connectivity index (χ3n) is 2.02. The van der Waals surface area contributed by atoms with Gasteiger partial charge in [0.15, 0.2) is 0 Å². The quantitative estimate of drug-likeness (QED) is 0.922. The number of rotatable bonds is 3. The summed E-state index contributed by atoms with van der Waals surface area (Å²) in [4.78, 5) is 0. The lowest BCUT2D eigenvalue weighted by molar-refractivity contribution is 0.180. The lowest BCUT2D eigenvalue weighted by Gasteiger charge is -2.14. The number of aryl methyl sites for hydroxylation is 1. The Balaban J connectivity index is 3.02. The first-order valence-electron chi connectivity index (χ1n) is 4.26. The molecule has 14 heavy (non-hydrogen) atoms. The van der Waals surface area contributed by atoms with Crippen LogP contribution in [0.2, 0.25) is 5.02 Å². The fourth-order valence-electron chi connectivity index (χ4n) is 1.22. The van der Waals surface area contributed by atoms with Gasteiger partial charge in [-0.25, -0.2) is 0 Å². The molecule has 0 saturated carbocycles. The summed E-state index contributed by atoms with van der Waals surface area (Å²) in [5.74, 6) is 0. The summed E-state index contributed by atoms with van der Waals surface area (Å²) in [5, 5.41) is 0.731. The van der Waals surface area contributed by atoms with Crippen LogP contribution in [0.5, 0.6) is 0 Å². The summed E-state index contributed by atoms with van der Waals surface area (Å²) >= 11 is 9.47. The molecular weight excluding hydrogens is 265 g/mol. The van der Waals surface area contributed by atoms with Crippen LogP contribution in [0.4, 0.5) is 0 Å². The summed E-state index contributed by atoms with van der Waals surface area (Å²) < 4.78 is 5.97. The topological polar surface area (TPSA) is 35.2 Å². The average molecular weight is 279 g/mol. The molecule has 0 aromatic heterocycles. The minimum atomic E-state index is -0.146. The Kier molecular flexibility index (Phi) is 4.38. The summed E-state index contributed by atoms with van der Waals surface area (Å²) in [6.07, 6.45) is 0. The lowest BCUT2D eigenvalue weighted by Crippen LogP contribution is -2.16. The van der Waals surface area contributed by atoms with Gasteiger partial charge in [0, 0.05) is 16.6 Å². The number of halogens is 2. The van der Waals surface area contributed by atoms with Gasteiger partial charge in [0.1, 0.15) is 0 Å². The second-order valence-corrected chi connectivity index (χ2v) is 4.45. The molecule has 0 aliphatic heterocycles. The van der Waals surface area contributed by atoms with Crippen molar-refractivity contribution in [2.24, 2.45) is 5.73 Å². The van der Waals surface area contributed by atoms with E-state index in [1.165, 1.54) is 0 Å². The highest BCUT2D eigenvalue weighted by atomic mass is 79.9. The van der Waals surface area contributed by atoms with E-state index in [1.807, 2.05) is 19.1 Å². The van der Waals surface area contributed by atoms with Crippen LogP contribution < -0.4 is 5.73 Å². The van der Waals surface area contributed by atoms with E-state index in [4.69, 9.17) is 22.1 Å². The van der Waals surface area contributed by atoms with Crippen LogP contribution in [-0.4, -0.2) is 13.7 Å². The first kappa shape index (κ1) is 12.0. The van der Waals surface area contributed by atoms with Gasteiger partial charge in [0.05, 0.1) is 12.6 Å². The van der Waals surface area contributed by atoms with Crippen LogP contribution in [0.25, 0.3) is 0 Å². The zero-order valence-corrected chi connectivity index (χ0v) is 10.5. The number of ether oxygens (including phenoxy) is 1. The van der Waals surface area contributed by atoms with Crippen LogP contribution in [0.3, 0.4) is 0 Å². The van der Waals surface area contributed by atoms with Crippen molar-refractivity contribution in [1.82, 2.24) is 0 Å². The molecule has 1 aromatic carbocycles. The van der Waals surface area contributed by atoms with E-state index in [1.54, 1.807) is 7.11 Å². The molecule has 78 valence electrons. The maximum Gasteiger partial charge on any atom is 0.0655 e. The monoisotopic (exact) mass is 277 g/mol. The minimum absolute atomic E-state index is 0.146. The van der Waals surface area contributed by atoms with Crippen molar-refractivity contribution in [3.8, 4) is 0 Å². The van der Waals surface area contributed by atoms with Gasteiger partial charge in [-0.3, -0.25) is 0 Å². The first-order chi connectivity index (χ1) is 6.56. The van der Waals surface area contributed by atoms with Gasteiger partial charge >= 0.3 is 0 Å². The van der Waals surface area contributed by atoms with Gasteiger partial charge in [0.25, 0.3) is 0 Å². The van der Waals surface area contributed by atoms with Crippen molar-refractivity contribution in [3.63, 3.8) is 0 Å². The number of benzene rings is 1. The summed E-state index contributed by atoms with van der Waals surface area (Å²) in [6, 6.07) is 3.70. The van der Waals surface area contributed by atoms with Gasteiger partial charge in [-0.05, 0) is 30.2 Å².